The van der Waals surface area contributed by atoms with Crippen LogP contribution in [0.3, 0.4) is 0 Å². The Bertz CT molecular complexity index is 925. The fourth-order valence-electron chi connectivity index (χ4n) is 2.56. The molecule has 12 heteroatoms. The molecule has 2 aromatic heterocycles. The van der Waals surface area contributed by atoms with Crippen molar-refractivity contribution in [2.45, 2.75) is 39.9 Å². The number of alkyl halides is 3. The molecule has 0 spiro atoms. The summed E-state index contributed by atoms with van der Waals surface area (Å²) in [5, 5.41) is 9.98. The van der Waals surface area contributed by atoms with E-state index in [0.717, 1.165) is 10.4 Å². The molecule has 0 amide bonds. The van der Waals surface area contributed by atoms with Gasteiger partial charge in [0.15, 0.2) is 10.8 Å². The third kappa shape index (κ3) is 5.40. The van der Waals surface area contributed by atoms with Crippen molar-refractivity contribution in [1.29, 1.82) is 0 Å². The van der Waals surface area contributed by atoms with E-state index in [1.165, 1.54) is 30.1 Å². The van der Waals surface area contributed by atoms with Gasteiger partial charge in [0, 0.05) is 18.0 Å². The molecule has 160 valence electrons. The van der Waals surface area contributed by atoms with Crippen molar-refractivity contribution in [2.75, 3.05) is 19.0 Å². The summed E-state index contributed by atoms with van der Waals surface area (Å²) in [6, 6.07) is 0. The predicted octanol–water partition coefficient (Wildman–Crippen LogP) is 4.71. The van der Waals surface area contributed by atoms with Gasteiger partial charge < -0.3 is 15.4 Å². The Labute approximate surface area is 180 Å². The molecule has 0 aromatic carbocycles. The maximum Gasteiger partial charge on any atom is 0.436 e. The summed E-state index contributed by atoms with van der Waals surface area (Å²) in [5.41, 5.74) is 0.423. The fraction of sp³-hybridized carbons (Fsp3) is 0.471. The van der Waals surface area contributed by atoms with Crippen LogP contribution in [0, 0.1) is 20.8 Å². The maximum atomic E-state index is 12.9. The van der Waals surface area contributed by atoms with Gasteiger partial charge in [-0.3, -0.25) is 4.68 Å². The average molecular weight is 469 g/mol. The quantitative estimate of drug-likeness (QED) is 0.364. The van der Waals surface area contributed by atoms with Gasteiger partial charge in [0.1, 0.15) is 5.00 Å². The molecule has 0 saturated heterocycles. The summed E-state index contributed by atoms with van der Waals surface area (Å²) >= 11 is 12.4. The van der Waals surface area contributed by atoms with E-state index >= 15 is 0 Å². The van der Waals surface area contributed by atoms with Crippen LogP contribution >= 0.6 is 35.2 Å². The van der Waals surface area contributed by atoms with Crippen LogP contribution in [0.1, 0.15) is 38.6 Å². The van der Waals surface area contributed by atoms with E-state index in [0.29, 0.717) is 28.6 Å². The van der Waals surface area contributed by atoms with E-state index < -0.39 is 17.8 Å². The summed E-state index contributed by atoms with van der Waals surface area (Å²) < 4.78 is 44.6. The number of nitrogens with zero attached hydrogens (tertiary/aromatic N) is 2. The molecule has 0 saturated carbocycles. The Morgan fingerprint density at radius 3 is 2.55 bits per heavy atom. The van der Waals surface area contributed by atoms with Crippen molar-refractivity contribution < 1.29 is 22.7 Å². The normalized spacial score (nSPS) is 11.4. The highest BCUT2D eigenvalue weighted by Gasteiger charge is 2.38. The van der Waals surface area contributed by atoms with Crippen molar-refractivity contribution in [2.24, 2.45) is 0 Å². The van der Waals surface area contributed by atoms with Gasteiger partial charge >= 0.3 is 12.1 Å². The third-order valence-corrected chi connectivity index (χ3v) is 6.06. The van der Waals surface area contributed by atoms with E-state index in [1.54, 1.807) is 0 Å². The minimum atomic E-state index is -4.59. The zero-order valence-electron chi connectivity index (χ0n) is 16.2. The van der Waals surface area contributed by atoms with E-state index in [4.69, 9.17) is 28.6 Å². The molecule has 0 aliphatic rings. The molecular weight excluding hydrogens is 449 g/mol. The number of halogens is 4. The zero-order valence-corrected chi connectivity index (χ0v) is 18.5. The Kier molecular flexibility index (Phi) is 7.52. The zero-order chi connectivity index (χ0) is 21.9. The van der Waals surface area contributed by atoms with Crippen molar-refractivity contribution in [3.05, 3.63) is 32.4 Å². The van der Waals surface area contributed by atoms with Gasteiger partial charge in [0.2, 0.25) is 0 Å². The van der Waals surface area contributed by atoms with Crippen LogP contribution in [0.4, 0.5) is 18.2 Å². The average Bonchev–Trinajstić information content (AvgIpc) is 3.08. The molecule has 29 heavy (non-hydrogen) atoms. The van der Waals surface area contributed by atoms with E-state index in [-0.39, 0.29) is 17.3 Å². The standard InChI is InChI=1S/C17H20ClF3N4O2S2/c1-8-10(3)29-14(11(8)15(26)27-4)23-16(28)22-6-5-7-25-9(2)12(18)13(24-25)17(19,20)21/h5-7H2,1-4H3,(H2,22,23,28). The molecule has 0 radical (unpaired) electrons. The molecule has 2 aromatic rings. The lowest BCUT2D eigenvalue weighted by Gasteiger charge is -2.11. The number of hydrogen-bond donors (Lipinski definition) is 2. The number of carbonyl (C=O) groups excluding carboxylic acids is 1. The van der Waals surface area contributed by atoms with Gasteiger partial charge in [0.05, 0.1) is 23.4 Å². The molecule has 0 atom stereocenters. The van der Waals surface area contributed by atoms with Gasteiger partial charge in [-0.2, -0.15) is 18.3 Å². The second-order valence-corrected chi connectivity index (χ2v) is 8.19. The summed E-state index contributed by atoms with van der Waals surface area (Å²) in [5.74, 6) is -0.455. The first-order chi connectivity index (χ1) is 13.5. The number of hydrogen-bond acceptors (Lipinski definition) is 5. The number of anilines is 1. The molecule has 0 aliphatic carbocycles. The summed E-state index contributed by atoms with van der Waals surface area (Å²) in [6.07, 6.45) is -4.13. The van der Waals surface area contributed by atoms with Crippen LogP contribution in [0.5, 0.6) is 0 Å². The molecule has 0 aliphatic heterocycles. The lowest BCUT2D eigenvalue weighted by Crippen LogP contribution is -2.30. The first-order valence-corrected chi connectivity index (χ1v) is 10.1. The highest BCUT2D eigenvalue weighted by atomic mass is 35.5. The van der Waals surface area contributed by atoms with Gasteiger partial charge in [-0.25, -0.2) is 4.79 Å². The molecule has 2 N–H and O–H groups in total. The number of esters is 1. The number of carbonyl (C=O) groups is 1. The number of nitrogens with one attached hydrogen (secondary N) is 2. The number of ether oxygens (including phenoxy) is 1. The highest BCUT2D eigenvalue weighted by molar-refractivity contribution is 7.80. The Morgan fingerprint density at radius 1 is 1.34 bits per heavy atom. The van der Waals surface area contributed by atoms with Crippen LogP contribution < -0.4 is 10.6 Å². The van der Waals surface area contributed by atoms with Crippen molar-refractivity contribution in [1.82, 2.24) is 15.1 Å². The van der Waals surface area contributed by atoms with Gasteiger partial charge in [-0.15, -0.1) is 11.3 Å². The van der Waals surface area contributed by atoms with Crippen molar-refractivity contribution in [3.63, 3.8) is 0 Å². The van der Waals surface area contributed by atoms with E-state index in [2.05, 4.69) is 15.7 Å². The van der Waals surface area contributed by atoms with Crippen molar-refractivity contribution >= 4 is 51.2 Å². The lowest BCUT2D eigenvalue weighted by molar-refractivity contribution is -0.141. The van der Waals surface area contributed by atoms with Crippen molar-refractivity contribution in [3.8, 4) is 0 Å². The summed E-state index contributed by atoms with van der Waals surface area (Å²) in [7, 11) is 1.31. The van der Waals surface area contributed by atoms with Crippen LogP contribution in [-0.2, 0) is 17.5 Å². The van der Waals surface area contributed by atoms with Gasteiger partial charge in [-0.1, -0.05) is 11.6 Å². The Balaban J connectivity index is 1.92. The fourth-order valence-corrected chi connectivity index (χ4v) is 4.13. The number of thiophene rings is 1. The second kappa shape index (κ2) is 9.31. The predicted molar refractivity (Wildman–Crippen MR) is 111 cm³/mol. The van der Waals surface area contributed by atoms with Gasteiger partial charge in [0.25, 0.3) is 0 Å². The molecular formula is C17H20ClF3N4O2S2. The third-order valence-electron chi connectivity index (χ3n) is 4.24. The monoisotopic (exact) mass is 468 g/mol. The Hall–Kier alpha value is -1.85. The highest BCUT2D eigenvalue weighted by Crippen LogP contribution is 2.35. The summed E-state index contributed by atoms with van der Waals surface area (Å²) in [6.45, 7) is 5.83. The van der Waals surface area contributed by atoms with Crippen LogP contribution in [0.15, 0.2) is 0 Å². The SMILES string of the molecule is COC(=O)c1c(NC(=S)NCCCn2nc(C(F)(F)F)c(Cl)c2C)sc(C)c1C. The molecule has 0 unspecified atom stereocenters. The molecule has 0 fully saturated rings. The van der Waals surface area contributed by atoms with Crippen LogP contribution in [0.25, 0.3) is 0 Å². The minimum Gasteiger partial charge on any atom is -0.465 e. The van der Waals surface area contributed by atoms with Crippen LogP contribution in [-0.4, -0.2) is 34.5 Å². The topological polar surface area (TPSA) is 68.2 Å². The van der Waals surface area contributed by atoms with E-state index in [9.17, 15) is 18.0 Å². The molecule has 6 nitrogen and oxygen atoms in total. The number of thiocarbonyl (C=S) groups is 1. The molecule has 0 bridgehead atoms. The first kappa shape index (κ1) is 23.4. The second-order valence-electron chi connectivity index (χ2n) is 6.18. The smallest absolute Gasteiger partial charge is 0.436 e. The minimum absolute atomic E-state index is 0.238. The largest absolute Gasteiger partial charge is 0.465 e. The molecule has 2 heterocycles. The Morgan fingerprint density at radius 2 is 2.00 bits per heavy atom. The number of methoxy groups -OCH3 is 1. The van der Waals surface area contributed by atoms with Crippen LogP contribution in [0.2, 0.25) is 5.02 Å². The summed E-state index contributed by atoms with van der Waals surface area (Å²) in [4.78, 5) is 12.9. The number of aryl methyl sites for hydroxylation is 2. The number of aromatic nitrogens is 2. The van der Waals surface area contributed by atoms with E-state index in [1.807, 2.05) is 13.8 Å². The lowest BCUT2D eigenvalue weighted by atomic mass is 10.1. The first-order valence-electron chi connectivity index (χ1n) is 8.50. The van der Waals surface area contributed by atoms with Gasteiger partial charge in [-0.05, 0) is 45.0 Å². The number of rotatable bonds is 6. The maximum absolute atomic E-state index is 12.9. The molecule has 2 rings (SSSR count).